The number of nitrogens with zero attached hydrogens (tertiary/aromatic N) is 4. The third kappa shape index (κ3) is 3.75. The van der Waals surface area contributed by atoms with Gasteiger partial charge in [0.15, 0.2) is 12.4 Å². The van der Waals surface area contributed by atoms with Crippen LogP contribution in [-0.2, 0) is 11.2 Å². The number of hydrogen-bond donors (Lipinski definition) is 1. The molecule has 7 nitrogen and oxygen atoms in total. The van der Waals surface area contributed by atoms with Crippen LogP contribution in [0.2, 0.25) is 0 Å². The largest absolute Gasteiger partial charge is 0.484 e. The fraction of sp³-hybridized carbons (Fsp3) is 0.176. The van der Waals surface area contributed by atoms with E-state index in [4.69, 9.17) is 4.74 Å². The second-order valence-electron chi connectivity index (χ2n) is 5.05. The lowest BCUT2D eigenvalue weighted by atomic mass is 10.2. The van der Waals surface area contributed by atoms with Gasteiger partial charge in [0.05, 0.1) is 5.69 Å². The predicted molar refractivity (Wildman–Crippen MR) is 89.1 cm³/mol. The zero-order chi connectivity index (χ0) is 16.8. The average Bonchev–Trinajstić information content (AvgIpc) is 3.15. The molecule has 0 radical (unpaired) electrons. The molecule has 3 aromatic rings. The molecule has 0 atom stereocenters. The van der Waals surface area contributed by atoms with Gasteiger partial charge in [0.2, 0.25) is 0 Å². The first-order valence-corrected chi connectivity index (χ1v) is 7.58. The van der Waals surface area contributed by atoms with Gasteiger partial charge in [-0.25, -0.2) is 14.6 Å². The third-order valence-corrected chi connectivity index (χ3v) is 3.40. The van der Waals surface area contributed by atoms with Crippen molar-refractivity contribution in [3.8, 4) is 11.6 Å². The Kier molecular flexibility index (Phi) is 4.81. The van der Waals surface area contributed by atoms with E-state index in [-0.39, 0.29) is 12.5 Å². The minimum atomic E-state index is -0.274. The van der Waals surface area contributed by atoms with Gasteiger partial charge in [0.1, 0.15) is 18.4 Å². The average molecular weight is 323 g/mol. The highest BCUT2D eigenvalue weighted by molar-refractivity contribution is 5.93. The molecule has 1 N–H and O–H groups in total. The number of amides is 1. The van der Waals surface area contributed by atoms with Crippen LogP contribution in [0.25, 0.3) is 5.82 Å². The maximum absolute atomic E-state index is 12.1. The van der Waals surface area contributed by atoms with Gasteiger partial charge in [-0.1, -0.05) is 19.1 Å². The van der Waals surface area contributed by atoms with Crippen LogP contribution in [0.3, 0.4) is 0 Å². The standard InChI is InChI=1S/C17H17N5O2/c1-2-13-5-7-14(8-6-13)24-10-16(23)21-15-4-3-9-19-17(15)22-12-18-11-20-22/h3-9,11-12H,2,10H2,1H3,(H,21,23). The monoisotopic (exact) mass is 323 g/mol. The Hall–Kier alpha value is -3.22. The number of pyridine rings is 1. The van der Waals surface area contributed by atoms with Gasteiger partial charge in [-0.3, -0.25) is 4.79 Å². The molecule has 0 bridgehead atoms. The molecule has 0 unspecified atom stereocenters. The first-order chi connectivity index (χ1) is 11.8. The van der Waals surface area contributed by atoms with Gasteiger partial charge >= 0.3 is 0 Å². The summed E-state index contributed by atoms with van der Waals surface area (Å²) in [6.07, 6.45) is 5.51. The van der Waals surface area contributed by atoms with Crippen molar-refractivity contribution in [2.75, 3.05) is 11.9 Å². The number of aryl methyl sites for hydroxylation is 1. The van der Waals surface area contributed by atoms with Gasteiger partial charge in [-0.2, -0.15) is 5.10 Å². The molecule has 24 heavy (non-hydrogen) atoms. The van der Waals surface area contributed by atoms with Gasteiger partial charge in [-0.05, 0) is 36.2 Å². The van der Waals surface area contributed by atoms with E-state index in [9.17, 15) is 4.79 Å². The number of anilines is 1. The Morgan fingerprint density at radius 3 is 2.79 bits per heavy atom. The highest BCUT2D eigenvalue weighted by Gasteiger charge is 2.10. The summed E-state index contributed by atoms with van der Waals surface area (Å²) >= 11 is 0. The van der Waals surface area contributed by atoms with Crippen molar-refractivity contribution in [2.45, 2.75) is 13.3 Å². The van der Waals surface area contributed by atoms with Crippen molar-refractivity contribution in [1.29, 1.82) is 0 Å². The highest BCUT2D eigenvalue weighted by Crippen LogP contribution is 2.16. The topological polar surface area (TPSA) is 81.9 Å². The molecule has 2 aromatic heterocycles. The Morgan fingerprint density at radius 2 is 2.08 bits per heavy atom. The molecule has 7 heteroatoms. The first-order valence-electron chi connectivity index (χ1n) is 7.58. The molecule has 0 aliphatic carbocycles. The second-order valence-corrected chi connectivity index (χ2v) is 5.05. The molecule has 0 spiro atoms. The molecule has 122 valence electrons. The van der Waals surface area contributed by atoms with Crippen molar-refractivity contribution in [2.24, 2.45) is 0 Å². The molecular formula is C17H17N5O2. The molecule has 0 fully saturated rings. The minimum Gasteiger partial charge on any atom is -0.484 e. The highest BCUT2D eigenvalue weighted by atomic mass is 16.5. The zero-order valence-corrected chi connectivity index (χ0v) is 13.2. The third-order valence-electron chi connectivity index (χ3n) is 3.40. The van der Waals surface area contributed by atoms with Gasteiger partial charge in [0.25, 0.3) is 5.91 Å². The van der Waals surface area contributed by atoms with E-state index < -0.39 is 0 Å². The van der Waals surface area contributed by atoms with Crippen molar-refractivity contribution >= 4 is 11.6 Å². The number of carbonyl (C=O) groups excluding carboxylic acids is 1. The lowest BCUT2D eigenvalue weighted by Gasteiger charge is -2.10. The molecule has 0 aliphatic rings. The zero-order valence-electron chi connectivity index (χ0n) is 13.2. The number of nitrogens with one attached hydrogen (secondary N) is 1. The number of carbonyl (C=O) groups is 1. The number of benzene rings is 1. The number of ether oxygens (including phenoxy) is 1. The van der Waals surface area contributed by atoms with E-state index >= 15 is 0 Å². The number of aromatic nitrogens is 4. The van der Waals surface area contributed by atoms with Gasteiger partial charge in [0, 0.05) is 6.20 Å². The van der Waals surface area contributed by atoms with Crippen molar-refractivity contribution in [3.63, 3.8) is 0 Å². The van der Waals surface area contributed by atoms with E-state index in [1.807, 2.05) is 24.3 Å². The lowest BCUT2D eigenvalue weighted by Crippen LogP contribution is -2.21. The lowest BCUT2D eigenvalue weighted by molar-refractivity contribution is -0.118. The van der Waals surface area contributed by atoms with Crippen LogP contribution in [0.5, 0.6) is 5.75 Å². The molecule has 3 rings (SSSR count). The van der Waals surface area contributed by atoms with E-state index in [1.165, 1.54) is 22.9 Å². The maximum atomic E-state index is 12.1. The smallest absolute Gasteiger partial charge is 0.262 e. The van der Waals surface area contributed by atoms with Crippen LogP contribution >= 0.6 is 0 Å². The van der Waals surface area contributed by atoms with Crippen molar-refractivity contribution < 1.29 is 9.53 Å². The van der Waals surface area contributed by atoms with Gasteiger partial charge < -0.3 is 10.1 Å². The fourth-order valence-corrected chi connectivity index (χ4v) is 2.15. The van der Waals surface area contributed by atoms with E-state index in [0.717, 1.165) is 6.42 Å². The minimum absolute atomic E-state index is 0.0861. The summed E-state index contributed by atoms with van der Waals surface area (Å²) in [4.78, 5) is 20.2. The summed E-state index contributed by atoms with van der Waals surface area (Å²) in [6, 6.07) is 11.2. The summed E-state index contributed by atoms with van der Waals surface area (Å²) in [5.74, 6) is 0.879. The molecule has 2 heterocycles. The Bertz CT molecular complexity index is 800. The first kappa shape index (κ1) is 15.7. The summed E-state index contributed by atoms with van der Waals surface area (Å²) in [5, 5.41) is 6.80. The van der Waals surface area contributed by atoms with Crippen LogP contribution in [0.4, 0.5) is 5.69 Å². The second kappa shape index (κ2) is 7.36. The number of rotatable bonds is 6. The van der Waals surface area contributed by atoms with E-state index in [2.05, 4.69) is 27.3 Å². The fourth-order valence-electron chi connectivity index (χ4n) is 2.15. The van der Waals surface area contributed by atoms with Crippen LogP contribution in [0.15, 0.2) is 55.2 Å². The molecule has 0 aliphatic heterocycles. The molecule has 1 amide bonds. The maximum Gasteiger partial charge on any atom is 0.262 e. The Morgan fingerprint density at radius 1 is 1.25 bits per heavy atom. The van der Waals surface area contributed by atoms with E-state index in [0.29, 0.717) is 17.3 Å². The van der Waals surface area contributed by atoms with Crippen LogP contribution in [-0.4, -0.2) is 32.3 Å². The van der Waals surface area contributed by atoms with Crippen LogP contribution in [0, 0.1) is 0 Å². The predicted octanol–water partition coefficient (Wildman–Crippen LogP) is 2.24. The van der Waals surface area contributed by atoms with Crippen LogP contribution in [0.1, 0.15) is 12.5 Å². The molecule has 0 saturated carbocycles. The van der Waals surface area contributed by atoms with Gasteiger partial charge in [-0.15, -0.1) is 0 Å². The summed E-state index contributed by atoms with van der Waals surface area (Å²) in [6.45, 7) is 2.00. The molecular weight excluding hydrogens is 306 g/mol. The quantitative estimate of drug-likeness (QED) is 0.752. The molecule has 0 saturated heterocycles. The van der Waals surface area contributed by atoms with Crippen molar-refractivity contribution in [3.05, 3.63) is 60.8 Å². The van der Waals surface area contributed by atoms with Crippen LogP contribution < -0.4 is 10.1 Å². The summed E-state index contributed by atoms with van der Waals surface area (Å²) < 4.78 is 6.99. The number of hydrogen-bond acceptors (Lipinski definition) is 5. The Balaban J connectivity index is 1.63. The summed E-state index contributed by atoms with van der Waals surface area (Å²) in [5.41, 5.74) is 1.76. The van der Waals surface area contributed by atoms with Crippen molar-refractivity contribution in [1.82, 2.24) is 19.7 Å². The van der Waals surface area contributed by atoms with E-state index in [1.54, 1.807) is 18.3 Å². The Labute approximate surface area is 139 Å². The molecule has 1 aromatic carbocycles. The summed E-state index contributed by atoms with van der Waals surface area (Å²) in [7, 11) is 0. The SMILES string of the molecule is CCc1ccc(OCC(=O)Nc2cccnc2-n2cncn2)cc1. The normalized spacial score (nSPS) is 10.4.